The van der Waals surface area contributed by atoms with Gasteiger partial charge in [-0.1, -0.05) is 20.8 Å². The highest BCUT2D eigenvalue weighted by molar-refractivity contribution is 7.91. The lowest BCUT2D eigenvalue weighted by atomic mass is 10.2. The maximum Gasteiger partial charge on any atom is 0.350 e. The number of hydrogen-bond acceptors (Lipinski definition) is 7. The number of hydrogen-bond donors (Lipinski definition) is 2. The van der Waals surface area contributed by atoms with Crippen LogP contribution in [0.3, 0.4) is 0 Å². The monoisotopic (exact) mass is 348 g/mol. The van der Waals surface area contributed by atoms with Gasteiger partial charge in [-0.15, -0.1) is 11.3 Å². The van der Waals surface area contributed by atoms with Gasteiger partial charge in [-0.25, -0.2) is 13.2 Å². The Morgan fingerprint density at radius 1 is 1.36 bits per heavy atom. The maximum atomic E-state index is 12.3. The molecule has 1 heterocycles. The summed E-state index contributed by atoms with van der Waals surface area (Å²) in [5.74, 6) is -1.31. The van der Waals surface area contributed by atoms with Crippen LogP contribution in [0.5, 0.6) is 0 Å². The minimum atomic E-state index is -3.54. The van der Waals surface area contributed by atoms with Crippen LogP contribution in [0.2, 0.25) is 0 Å². The fourth-order valence-electron chi connectivity index (χ4n) is 1.58. The van der Waals surface area contributed by atoms with Crippen molar-refractivity contribution in [3.8, 4) is 0 Å². The van der Waals surface area contributed by atoms with Crippen LogP contribution < -0.4 is 10.9 Å². The Morgan fingerprint density at radius 2 is 2.00 bits per heavy atom. The fraction of sp³-hybridized carbons (Fsp3) is 0.538. The number of rotatable bonds is 7. The summed E-state index contributed by atoms with van der Waals surface area (Å²) in [6.07, 6.45) is 0.448. The first-order chi connectivity index (χ1) is 10.2. The zero-order chi connectivity index (χ0) is 16.9. The lowest BCUT2D eigenvalue weighted by Gasteiger charge is -2.13. The molecule has 0 saturated heterocycles. The highest BCUT2D eigenvalue weighted by atomic mass is 32.2. The molecule has 0 unspecified atom stereocenters. The zero-order valence-electron chi connectivity index (χ0n) is 12.9. The number of esters is 1. The van der Waals surface area contributed by atoms with Gasteiger partial charge in [-0.05, 0) is 6.42 Å². The molecule has 0 radical (unpaired) electrons. The van der Waals surface area contributed by atoms with E-state index in [4.69, 9.17) is 0 Å². The summed E-state index contributed by atoms with van der Waals surface area (Å²) in [5, 5.41) is 1.38. The van der Waals surface area contributed by atoms with Crippen molar-refractivity contribution in [2.45, 2.75) is 32.1 Å². The van der Waals surface area contributed by atoms with Crippen LogP contribution in [0.15, 0.2) is 10.3 Å². The van der Waals surface area contributed by atoms with Crippen LogP contribution in [0.25, 0.3) is 0 Å². The third-order valence-electron chi connectivity index (χ3n) is 2.77. The lowest BCUT2D eigenvalue weighted by molar-refractivity contribution is -0.123. The molecule has 0 fully saturated rings. The summed E-state index contributed by atoms with van der Waals surface area (Å²) in [4.78, 5) is 23.5. The normalized spacial score (nSPS) is 11.3. The van der Waals surface area contributed by atoms with Crippen LogP contribution >= 0.6 is 11.3 Å². The van der Waals surface area contributed by atoms with Crippen molar-refractivity contribution >= 4 is 38.7 Å². The molecule has 1 aromatic rings. The number of ether oxygens (including phenoxy) is 1. The average Bonchev–Trinajstić information content (AvgIpc) is 2.88. The van der Waals surface area contributed by atoms with E-state index in [1.165, 1.54) is 12.5 Å². The van der Waals surface area contributed by atoms with Crippen LogP contribution in [0, 0.1) is 5.92 Å². The molecule has 124 valence electrons. The van der Waals surface area contributed by atoms with Gasteiger partial charge in [0.15, 0.2) is 9.84 Å². The summed E-state index contributed by atoms with van der Waals surface area (Å²) in [5.41, 5.74) is 5.01. The summed E-state index contributed by atoms with van der Waals surface area (Å²) in [6.45, 7) is 5.14. The predicted molar refractivity (Wildman–Crippen MR) is 84.6 cm³/mol. The fourth-order valence-corrected chi connectivity index (χ4v) is 4.40. The molecular formula is C13H20N2O5S2. The highest BCUT2D eigenvalue weighted by Gasteiger charge is 2.26. The second-order valence-electron chi connectivity index (χ2n) is 4.88. The quantitative estimate of drug-likeness (QED) is 0.576. The van der Waals surface area contributed by atoms with Crippen LogP contribution in [-0.4, -0.2) is 33.2 Å². The van der Waals surface area contributed by atoms with E-state index >= 15 is 0 Å². The van der Waals surface area contributed by atoms with E-state index in [9.17, 15) is 18.0 Å². The molecule has 0 spiro atoms. The third kappa shape index (κ3) is 4.20. The lowest BCUT2D eigenvalue weighted by Crippen LogP contribution is -2.33. The van der Waals surface area contributed by atoms with Crippen molar-refractivity contribution in [1.82, 2.24) is 5.43 Å². The second kappa shape index (κ2) is 7.59. The SMILES string of the molecule is CCCS(=O)(=O)c1csc(C(=O)OC)c1NNC(=O)C(C)C. The van der Waals surface area contributed by atoms with Gasteiger partial charge < -0.3 is 4.74 Å². The number of hydrazine groups is 1. The van der Waals surface area contributed by atoms with Crippen molar-refractivity contribution in [3.05, 3.63) is 10.3 Å². The molecule has 2 N–H and O–H groups in total. The largest absolute Gasteiger partial charge is 0.465 e. The molecule has 1 aromatic heterocycles. The second-order valence-corrected chi connectivity index (χ2v) is 7.84. The van der Waals surface area contributed by atoms with Gasteiger partial charge in [-0.2, -0.15) is 0 Å². The van der Waals surface area contributed by atoms with Gasteiger partial charge >= 0.3 is 5.97 Å². The van der Waals surface area contributed by atoms with E-state index in [1.54, 1.807) is 20.8 Å². The molecule has 9 heteroatoms. The standard InChI is InChI=1S/C13H20N2O5S2/c1-5-6-22(18,19)9-7-21-11(13(17)20-4)10(9)14-15-12(16)8(2)3/h7-8,14H,5-6H2,1-4H3,(H,15,16). The zero-order valence-corrected chi connectivity index (χ0v) is 14.6. The van der Waals surface area contributed by atoms with E-state index < -0.39 is 15.8 Å². The Labute approximate surface area is 133 Å². The first-order valence-corrected chi connectivity index (χ1v) is 9.26. The molecule has 0 aliphatic heterocycles. The van der Waals surface area contributed by atoms with Gasteiger partial charge in [0, 0.05) is 11.3 Å². The Hall–Kier alpha value is -1.61. The van der Waals surface area contributed by atoms with Crippen LogP contribution in [-0.2, 0) is 19.4 Å². The third-order valence-corrected chi connectivity index (χ3v) is 5.82. The number of methoxy groups -OCH3 is 1. The predicted octanol–water partition coefficient (Wildman–Crippen LogP) is 1.82. The minimum Gasteiger partial charge on any atom is -0.465 e. The van der Waals surface area contributed by atoms with Gasteiger partial charge in [0.2, 0.25) is 5.91 Å². The summed E-state index contributed by atoms with van der Waals surface area (Å²) in [7, 11) is -2.33. The van der Waals surface area contributed by atoms with Crippen molar-refractivity contribution in [2.24, 2.45) is 5.92 Å². The number of nitrogens with one attached hydrogen (secondary N) is 2. The molecule has 1 amide bonds. The van der Waals surface area contributed by atoms with Crippen LogP contribution in [0.4, 0.5) is 5.69 Å². The molecule has 0 aliphatic carbocycles. The number of thiophene rings is 1. The Bertz CT molecular complexity index is 649. The number of anilines is 1. The number of carbonyl (C=O) groups is 2. The molecule has 1 rings (SSSR count). The number of sulfone groups is 1. The molecular weight excluding hydrogens is 328 g/mol. The van der Waals surface area contributed by atoms with Gasteiger partial charge in [-0.3, -0.25) is 15.6 Å². The van der Waals surface area contributed by atoms with Gasteiger partial charge in [0.1, 0.15) is 9.77 Å². The first-order valence-electron chi connectivity index (χ1n) is 6.73. The molecule has 0 atom stereocenters. The van der Waals surface area contributed by atoms with E-state index in [0.29, 0.717) is 6.42 Å². The Morgan fingerprint density at radius 3 is 2.50 bits per heavy atom. The summed E-state index contributed by atoms with van der Waals surface area (Å²) in [6, 6.07) is 0. The number of carbonyl (C=O) groups excluding carboxylic acids is 2. The van der Waals surface area contributed by atoms with Crippen molar-refractivity contribution < 1.29 is 22.7 Å². The maximum absolute atomic E-state index is 12.3. The Kier molecular flexibility index (Phi) is 6.36. The molecule has 22 heavy (non-hydrogen) atoms. The van der Waals surface area contributed by atoms with E-state index in [2.05, 4.69) is 15.6 Å². The van der Waals surface area contributed by atoms with Crippen LogP contribution in [0.1, 0.15) is 36.9 Å². The van der Waals surface area contributed by atoms with Crippen molar-refractivity contribution in [2.75, 3.05) is 18.3 Å². The average molecular weight is 348 g/mol. The van der Waals surface area contributed by atoms with Gasteiger partial charge in [0.05, 0.1) is 18.6 Å². The molecule has 0 aromatic carbocycles. The van der Waals surface area contributed by atoms with E-state index in [0.717, 1.165) is 11.3 Å². The van der Waals surface area contributed by atoms with E-state index in [1.807, 2.05) is 0 Å². The first kappa shape index (κ1) is 18.4. The van der Waals surface area contributed by atoms with E-state index in [-0.39, 0.29) is 33.0 Å². The van der Waals surface area contributed by atoms with Crippen molar-refractivity contribution in [3.63, 3.8) is 0 Å². The molecule has 7 nitrogen and oxygen atoms in total. The highest BCUT2D eigenvalue weighted by Crippen LogP contribution is 2.33. The summed E-state index contributed by atoms with van der Waals surface area (Å²) < 4.78 is 29.2. The summed E-state index contributed by atoms with van der Waals surface area (Å²) >= 11 is 0.954. The Balaban J connectivity index is 3.21. The van der Waals surface area contributed by atoms with Gasteiger partial charge in [0.25, 0.3) is 0 Å². The molecule has 0 saturated carbocycles. The minimum absolute atomic E-state index is 0.0104. The molecule has 0 aliphatic rings. The smallest absolute Gasteiger partial charge is 0.350 e. The molecule has 0 bridgehead atoms. The van der Waals surface area contributed by atoms with Crippen molar-refractivity contribution in [1.29, 1.82) is 0 Å². The topological polar surface area (TPSA) is 102 Å². The number of amides is 1.